The van der Waals surface area contributed by atoms with E-state index >= 15 is 0 Å². The highest BCUT2D eigenvalue weighted by Gasteiger charge is 2.25. The van der Waals surface area contributed by atoms with E-state index in [0.29, 0.717) is 5.69 Å². The van der Waals surface area contributed by atoms with Crippen LogP contribution in [0.2, 0.25) is 5.02 Å². The Morgan fingerprint density at radius 3 is 2.38 bits per heavy atom. The Morgan fingerprint density at radius 1 is 1.10 bits per heavy atom. The molecular weight excluding hydrogens is 435 g/mol. The van der Waals surface area contributed by atoms with Crippen LogP contribution in [-0.2, 0) is 16.6 Å². The third-order valence-corrected chi connectivity index (χ3v) is 7.37. The molecule has 0 bridgehead atoms. The van der Waals surface area contributed by atoms with Gasteiger partial charge in [-0.15, -0.1) is 11.3 Å². The first-order valence-corrected chi connectivity index (χ1v) is 11.2. The molecule has 1 amide bonds. The number of hydrogen-bond acceptors (Lipinski definition) is 4. The maximum atomic E-state index is 13.4. The summed E-state index contributed by atoms with van der Waals surface area (Å²) in [6.45, 7) is 0.264. The fourth-order valence-electron chi connectivity index (χ4n) is 2.65. The molecule has 3 aromatic rings. The monoisotopic (exact) mass is 452 g/mol. The van der Waals surface area contributed by atoms with Crippen LogP contribution in [0, 0.1) is 5.82 Å². The van der Waals surface area contributed by atoms with E-state index < -0.39 is 21.7 Å². The molecule has 0 aliphatic heterocycles. The Labute approximate surface area is 178 Å². The van der Waals surface area contributed by atoms with Crippen molar-refractivity contribution in [1.82, 2.24) is 4.31 Å². The molecule has 3 rings (SSSR count). The van der Waals surface area contributed by atoms with Gasteiger partial charge in [-0.25, -0.2) is 17.1 Å². The van der Waals surface area contributed by atoms with Crippen LogP contribution in [-0.4, -0.2) is 32.7 Å². The molecule has 5 nitrogen and oxygen atoms in total. The molecule has 0 radical (unpaired) electrons. The van der Waals surface area contributed by atoms with Gasteiger partial charge in [-0.2, -0.15) is 0 Å². The van der Waals surface area contributed by atoms with Crippen molar-refractivity contribution in [3.8, 4) is 0 Å². The summed E-state index contributed by atoms with van der Waals surface area (Å²) < 4.78 is 39.5. The number of anilines is 1. The molecule has 1 aromatic heterocycles. The van der Waals surface area contributed by atoms with Gasteiger partial charge in [0.15, 0.2) is 0 Å². The van der Waals surface area contributed by atoms with Gasteiger partial charge in [-0.3, -0.25) is 4.79 Å². The zero-order chi connectivity index (χ0) is 21.2. The summed E-state index contributed by atoms with van der Waals surface area (Å²) in [4.78, 5) is 15.6. The van der Waals surface area contributed by atoms with Crippen molar-refractivity contribution in [3.63, 3.8) is 0 Å². The third kappa shape index (κ3) is 4.67. The second-order valence-electron chi connectivity index (χ2n) is 6.38. The average molecular weight is 453 g/mol. The lowest BCUT2D eigenvalue weighted by molar-refractivity contribution is 0.0985. The lowest BCUT2D eigenvalue weighted by Gasteiger charge is -2.23. The predicted molar refractivity (Wildman–Crippen MR) is 114 cm³/mol. The van der Waals surface area contributed by atoms with Gasteiger partial charge in [0, 0.05) is 30.2 Å². The summed E-state index contributed by atoms with van der Waals surface area (Å²) in [5.41, 5.74) is 0.660. The van der Waals surface area contributed by atoms with Crippen molar-refractivity contribution in [2.75, 3.05) is 19.0 Å². The van der Waals surface area contributed by atoms with E-state index in [1.165, 1.54) is 72.8 Å². The van der Waals surface area contributed by atoms with Crippen molar-refractivity contribution >= 4 is 44.6 Å². The molecule has 0 saturated carbocycles. The van der Waals surface area contributed by atoms with Crippen molar-refractivity contribution < 1.29 is 17.6 Å². The Morgan fingerprint density at radius 2 is 1.79 bits per heavy atom. The summed E-state index contributed by atoms with van der Waals surface area (Å²) in [6, 6.07) is 13.5. The average Bonchev–Trinajstić information content (AvgIpc) is 3.20. The van der Waals surface area contributed by atoms with E-state index in [0.717, 1.165) is 9.18 Å². The maximum Gasteiger partial charge on any atom is 0.258 e. The van der Waals surface area contributed by atoms with Crippen LogP contribution in [0.4, 0.5) is 10.1 Å². The summed E-state index contributed by atoms with van der Waals surface area (Å²) >= 11 is 7.57. The smallest absolute Gasteiger partial charge is 0.258 e. The molecule has 9 heteroatoms. The standard InChI is InChI=1S/C20H18ClFN2O3S2/c1-23(2)29(26,27)19-12-14(5-10-18(19)21)20(25)24(13-17-4-3-11-28-17)16-8-6-15(22)7-9-16/h3-12H,13H2,1-2H3. The quantitative estimate of drug-likeness (QED) is 0.547. The van der Waals surface area contributed by atoms with Crippen molar-refractivity contribution in [3.05, 3.63) is 81.3 Å². The van der Waals surface area contributed by atoms with E-state index in [1.54, 1.807) is 0 Å². The van der Waals surface area contributed by atoms with E-state index in [9.17, 15) is 17.6 Å². The third-order valence-electron chi connectivity index (χ3n) is 4.21. The second kappa shape index (κ2) is 8.62. The van der Waals surface area contributed by atoms with E-state index in [4.69, 9.17) is 11.6 Å². The van der Waals surface area contributed by atoms with Crippen LogP contribution >= 0.6 is 22.9 Å². The van der Waals surface area contributed by atoms with E-state index in [2.05, 4.69) is 0 Å². The molecule has 0 spiro atoms. The first-order chi connectivity index (χ1) is 13.7. The molecule has 1 heterocycles. The molecule has 0 unspecified atom stereocenters. The van der Waals surface area contributed by atoms with E-state index in [-0.39, 0.29) is 22.0 Å². The van der Waals surface area contributed by atoms with Gasteiger partial charge in [-0.05, 0) is 53.9 Å². The highest BCUT2D eigenvalue weighted by atomic mass is 35.5. The summed E-state index contributed by atoms with van der Waals surface area (Å²) in [6.07, 6.45) is 0. The topological polar surface area (TPSA) is 57.7 Å². The zero-order valence-electron chi connectivity index (χ0n) is 15.7. The van der Waals surface area contributed by atoms with Crippen LogP contribution < -0.4 is 4.90 Å². The number of sulfonamides is 1. The molecule has 0 fully saturated rings. The van der Waals surface area contributed by atoms with Gasteiger partial charge >= 0.3 is 0 Å². The fraction of sp³-hybridized carbons (Fsp3) is 0.150. The molecule has 0 aliphatic rings. The minimum absolute atomic E-state index is 0.0295. The number of carbonyl (C=O) groups excluding carboxylic acids is 1. The summed E-state index contributed by atoms with van der Waals surface area (Å²) in [5, 5.41) is 1.93. The van der Waals surface area contributed by atoms with E-state index in [1.807, 2.05) is 17.5 Å². The summed E-state index contributed by atoms with van der Waals surface area (Å²) in [7, 11) is -1.05. The van der Waals surface area contributed by atoms with Crippen molar-refractivity contribution in [2.24, 2.45) is 0 Å². The SMILES string of the molecule is CN(C)S(=O)(=O)c1cc(C(=O)N(Cc2cccs2)c2ccc(F)cc2)ccc1Cl. The molecular formula is C20H18ClFN2O3S2. The van der Waals surface area contributed by atoms with Crippen molar-refractivity contribution in [1.29, 1.82) is 0 Å². The minimum Gasteiger partial charge on any atom is -0.303 e. The molecule has 29 heavy (non-hydrogen) atoms. The van der Waals surface area contributed by atoms with Gasteiger partial charge in [-0.1, -0.05) is 17.7 Å². The van der Waals surface area contributed by atoms with Crippen LogP contribution in [0.5, 0.6) is 0 Å². The van der Waals surface area contributed by atoms with Gasteiger partial charge in [0.05, 0.1) is 11.6 Å². The Balaban J connectivity index is 2.05. The highest BCUT2D eigenvalue weighted by molar-refractivity contribution is 7.89. The Bertz CT molecular complexity index is 1120. The predicted octanol–water partition coefficient (Wildman–Crippen LogP) is 4.64. The molecule has 0 saturated heterocycles. The zero-order valence-corrected chi connectivity index (χ0v) is 18.1. The highest BCUT2D eigenvalue weighted by Crippen LogP contribution is 2.28. The van der Waals surface area contributed by atoms with Crippen molar-refractivity contribution in [2.45, 2.75) is 11.4 Å². The van der Waals surface area contributed by atoms with Crippen LogP contribution in [0.15, 0.2) is 64.9 Å². The Hall–Kier alpha value is -2.26. The normalized spacial score (nSPS) is 11.6. The molecule has 0 aliphatic carbocycles. The second-order valence-corrected chi connectivity index (χ2v) is 9.94. The largest absolute Gasteiger partial charge is 0.303 e. The summed E-state index contributed by atoms with van der Waals surface area (Å²) in [5.74, 6) is -0.833. The number of thiophene rings is 1. The first-order valence-electron chi connectivity index (χ1n) is 8.52. The van der Waals surface area contributed by atoms with Crippen LogP contribution in [0.1, 0.15) is 15.2 Å². The van der Waals surface area contributed by atoms with Crippen LogP contribution in [0.3, 0.4) is 0 Å². The molecule has 0 N–H and O–H groups in total. The van der Waals surface area contributed by atoms with Gasteiger partial charge < -0.3 is 4.90 Å². The van der Waals surface area contributed by atoms with Gasteiger partial charge in [0.2, 0.25) is 10.0 Å². The number of carbonyl (C=O) groups is 1. The molecule has 0 atom stereocenters. The molecule has 2 aromatic carbocycles. The maximum absolute atomic E-state index is 13.4. The number of nitrogens with zero attached hydrogens (tertiary/aromatic N) is 2. The lowest BCUT2D eigenvalue weighted by atomic mass is 10.1. The van der Waals surface area contributed by atoms with Gasteiger partial charge in [0.25, 0.3) is 5.91 Å². The number of rotatable bonds is 6. The van der Waals surface area contributed by atoms with Gasteiger partial charge in [0.1, 0.15) is 10.7 Å². The first kappa shape index (κ1) is 21.4. The minimum atomic E-state index is -3.83. The number of benzene rings is 2. The number of amides is 1. The Kier molecular flexibility index (Phi) is 6.38. The number of hydrogen-bond donors (Lipinski definition) is 0. The van der Waals surface area contributed by atoms with Crippen LogP contribution in [0.25, 0.3) is 0 Å². The molecule has 152 valence electrons. The fourth-order valence-corrected chi connectivity index (χ4v) is 4.73. The number of halogens is 2. The lowest BCUT2D eigenvalue weighted by Crippen LogP contribution is -2.30.